The van der Waals surface area contributed by atoms with Crippen LogP contribution in [-0.4, -0.2) is 32.6 Å². The number of benzene rings is 2. The maximum Gasteiger partial charge on any atom is 0.252 e. The fourth-order valence-electron chi connectivity index (χ4n) is 3.21. The summed E-state index contributed by atoms with van der Waals surface area (Å²) in [4.78, 5) is 18.9. The number of aliphatic imine (C=N–C) groups is 1. The van der Waals surface area contributed by atoms with Crippen molar-refractivity contribution in [2.24, 2.45) is 4.99 Å². The third-order valence-electron chi connectivity index (χ3n) is 4.40. The van der Waals surface area contributed by atoms with Crippen molar-refractivity contribution >= 4 is 23.6 Å². The van der Waals surface area contributed by atoms with Crippen LogP contribution in [0.3, 0.4) is 0 Å². The number of ether oxygens (including phenoxy) is 2. The van der Waals surface area contributed by atoms with Gasteiger partial charge in [0.25, 0.3) is 5.91 Å². The average molecular weight is 337 g/mol. The fraction of sp³-hybridized carbons (Fsp3) is 0.263. The van der Waals surface area contributed by atoms with E-state index in [9.17, 15) is 4.79 Å². The molecule has 0 bridgehead atoms. The number of nitrogens with one attached hydrogen (secondary N) is 1. The Labute approximate surface area is 146 Å². The molecule has 0 saturated carbocycles. The molecule has 6 nitrogen and oxygen atoms in total. The quantitative estimate of drug-likeness (QED) is 0.852. The van der Waals surface area contributed by atoms with Gasteiger partial charge in [-0.1, -0.05) is 24.3 Å². The summed E-state index contributed by atoms with van der Waals surface area (Å²) in [6, 6.07) is 13.2. The second-order valence-electron chi connectivity index (χ2n) is 5.97. The van der Waals surface area contributed by atoms with Crippen LogP contribution in [0, 0.1) is 0 Å². The Hall–Kier alpha value is -2.86. The lowest BCUT2D eigenvalue weighted by molar-refractivity contribution is -0.116. The molecule has 0 aliphatic carbocycles. The first kappa shape index (κ1) is 15.7. The molecular weight excluding hydrogens is 318 g/mol. The highest BCUT2D eigenvalue weighted by atomic mass is 16.5. The average Bonchev–Trinajstić information content (AvgIpc) is 2.97. The number of hydrogen-bond acceptors (Lipinski definition) is 5. The molecular formula is C19H19N3O3. The van der Waals surface area contributed by atoms with Crippen LogP contribution in [0.1, 0.15) is 17.2 Å². The largest absolute Gasteiger partial charge is 0.491 e. The summed E-state index contributed by atoms with van der Waals surface area (Å²) in [5.41, 5.74) is 3.82. The minimum absolute atomic E-state index is 0.0498. The number of hydrogen-bond donors (Lipinski definition) is 1. The molecule has 0 saturated heterocycles. The summed E-state index contributed by atoms with van der Waals surface area (Å²) in [5, 5.41) is 2.94. The van der Waals surface area contributed by atoms with Crippen molar-refractivity contribution in [3.05, 3.63) is 53.6 Å². The van der Waals surface area contributed by atoms with E-state index in [0.29, 0.717) is 19.8 Å². The molecule has 0 aromatic heterocycles. The number of rotatable bonds is 5. The third kappa shape index (κ3) is 2.85. The van der Waals surface area contributed by atoms with Crippen LogP contribution in [0.25, 0.3) is 0 Å². The topological polar surface area (TPSA) is 63.2 Å². The van der Waals surface area contributed by atoms with Gasteiger partial charge >= 0.3 is 0 Å². The highest BCUT2D eigenvalue weighted by molar-refractivity contribution is 6.08. The summed E-state index contributed by atoms with van der Waals surface area (Å²) in [6.07, 6.45) is 1.74. The van der Waals surface area contributed by atoms with Crippen molar-refractivity contribution in [3.63, 3.8) is 0 Å². The molecule has 2 aliphatic heterocycles. The first-order chi connectivity index (χ1) is 12.3. The second-order valence-corrected chi connectivity index (χ2v) is 5.97. The van der Waals surface area contributed by atoms with Crippen molar-refractivity contribution in [2.45, 2.75) is 12.6 Å². The van der Waals surface area contributed by atoms with Gasteiger partial charge in [0.2, 0.25) is 0 Å². The van der Waals surface area contributed by atoms with Crippen LogP contribution in [0.2, 0.25) is 0 Å². The van der Waals surface area contributed by atoms with Gasteiger partial charge < -0.3 is 19.7 Å². The smallest absolute Gasteiger partial charge is 0.252 e. The van der Waals surface area contributed by atoms with Crippen molar-refractivity contribution < 1.29 is 14.3 Å². The number of para-hydroxylation sites is 1. The van der Waals surface area contributed by atoms with Crippen LogP contribution < -0.4 is 15.0 Å². The molecule has 2 aromatic carbocycles. The van der Waals surface area contributed by atoms with Gasteiger partial charge in [-0.2, -0.15) is 0 Å². The number of amides is 1. The molecule has 6 heteroatoms. The predicted octanol–water partition coefficient (Wildman–Crippen LogP) is 2.75. The van der Waals surface area contributed by atoms with E-state index in [1.807, 2.05) is 47.4 Å². The van der Waals surface area contributed by atoms with Crippen molar-refractivity contribution in [1.82, 2.24) is 0 Å². The van der Waals surface area contributed by atoms with E-state index in [0.717, 1.165) is 28.3 Å². The number of nitrogens with zero attached hydrogens (tertiary/aromatic N) is 2. The summed E-state index contributed by atoms with van der Waals surface area (Å²) >= 11 is 0. The van der Waals surface area contributed by atoms with Gasteiger partial charge in [0.1, 0.15) is 18.4 Å². The molecule has 1 amide bonds. The van der Waals surface area contributed by atoms with E-state index in [1.54, 1.807) is 13.4 Å². The zero-order chi connectivity index (χ0) is 17.2. The Morgan fingerprint density at radius 1 is 1.24 bits per heavy atom. The molecule has 128 valence electrons. The lowest BCUT2D eigenvalue weighted by atomic mass is 10.0. The second kappa shape index (κ2) is 6.57. The van der Waals surface area contributed by atoms with Gasteiger partial charge in [0, 0.05) is 24.4 Å². The minimum atomic E-state index is -0.423. The normalized spacial score (nSPS) is 17.9. The van der Waals surface area contributed by atoms with Gasteiger partial charge in [-0.3, -0.25) is 9.79 Å². The molecule has 0 radical (unpaired) electrons. The van der Waals surface area contributed by atoms with Crippen LogP contribution >= 0.6 is 0 Å². The van der Waals surface area contributed by atoms with E-state index in [-0.39, 0.29) is 5.91 Å². The Morgan fingerprint density at radius 3 is 3.00 bits per heavy atom. The molecule has 0 fully saturated rings. The van der Waals surface area contributed by atoms with Gasteiger partial charge in [0.05, 0.1) is 25.2 Å². The van der Waals surface area contributed by atoms with Gasteiger partial charge in [0.15, 0.2) is 0 Å². The third-order valence-corrected chi connectivity index (χ3v) is 4.40. The molecule has 2 aliphatic rings. The van der Waals surface area contributed by atoms with E-state index in [1.165, 1.54) is 0 Å². The first-order valence-electron chi connectivity index (χ1n) is 8.20. The lowest BCUT2D eigenvalue weighted by Crippen LogP contribution is -2.34. The van der Waals surface area contributed by atoms with Crippen LogP contribution in [0.5, 0.6) is 5.75 Å². The number of fused-ring (bicyclic) bond motifs is 2. The Bertz CT molecular complexity index is 834. The molecule has 2 heterocycles. The Balaban J connectivity index is 1.68. The maximum atomic E-state index is 12.6. The molecule has 4 rings (SSSR count). The number of methoxy groups -OCH3 is 1. The number of anilines is 2. The molecule has 1 N–H and O–H groups in total. The maximum absolute atomic E-state index is 12.6. The van der Waals surface area contributed by atoms with Crippen molar-refractivity contribution in [2.75, 3.05) is 30.5 Å². The summed E-state index contributed by atoms with van der Waals surface area (Å²) in [5.74, 6) is 0.703. The van der Waals surface area contributed by atoms with Crippen LogP contribution in [0.15, 0.2) is 47.5 Å². The lowest BCUT2D eigenvalue weighted by Gasteiger charge is -2.30. The molecule has 1 atom stereocenters. The van der Waals surface area contributed by atoms with Gasteiger partial charge in [-0.05, 0) is 17.7 Å². The SMILES string of the molecule is COCCOc1ccc2c(c1)N(C1C(=O)Nc3ccccc31)C=NC2. The standard InChI is InChI=1S/C19H19N3O3/c1-24-8-9-25-14-7-6-13-11-20-12-22(17(13)10-14)18-15-4-2-3-5-16(15)21-19(18)23/h2-7,10,12,18H,8-9,11H2,1H3,(H,21,23). The highest BCUT2D eigenvalue weighted by Gasteiger charge is 2.36. The zero-order valence-electron chi connectivity index (χ0n) is 13.9. The van der Waals surface area contributed by atoms with E-state index in [2.05, 4.69) is 10.3 Å². The van der Waals surface area contributed by atoms with Gasteiger partial charge in [-0.25, -0.2) is 0 Å². The Kier molecular flexibility index (Phi) is 4.11. The van der Waals surface area contributed by atoms with Gasteiger partial charge in [-0.15, -0.1) is 0 Å². The van der Waals surface area contributed by atoms with Crippen molar-refractivity contribution in [3.8, 4) is 5.75 Å². The highest BCUT2D eigenvalue weighted by Crippen LogP contribution is 2.40. The van der Waals surface area contributed by atoms with E-state index < -0.39 is 6.04 Å². The number of carbonyl (C=O) groups is 1. The molecule has 0 spiro atoms. The van der Waals surface area contributed by atoms with Crippen molar-refractivity contribution in [1.29, 1.82) is 0 Å². The van der Waals surface area contributed by atoms with E-state index >= 15 is 0 Å². The predicted molar refractivity (Wildman–Crippen MR) is 96.3 cm³/mol. The summed E-state index contributed by atoms with van der Waals surface area (Å²) in [7, 11) is 1.64. The van der Waals surface area contributed by atoms with Crippen LogP contribution in [0.4, 0.5) is 11.4 Å². The summed E-state index contributed by atoms with van der Waals surface area (Å²) < 4.78 is 10.7. The fourth-order valence-corrected chi connectivity index (χ4v) is 3.21. The first-order valence-corrected chi connectivity index (χ1v) is 8.20. The molecule has 2 aromatic rings. The molecule has 1 unspecified atom stereocenters. The minimum Gasteiger partial charge on any atom is -0.491 e. The van der Waals surface area contributed by atoms with E-state index in [4.69, 9.17) is 9.47 Å². The van der Waals surface area contributed by atoms with Crippen LogP contribution in [-0.2, 0) is 16.1 Å². The number of carbonyl (C=O) groups excluding carboxylic acids is 1. The molecule has 25 heavy (non-hydrogen) atoms. The summed E-state index contributed by atoms with van der Waals surface area (Å²) in [6.45, 7) is 1.61. The Morgan fingerprint density at radius 2 is 2.12 bits per heavy atom. The monoisotopic (exact) mass is 337 g/mol. The zero-order valence-corrected chi connectivity index (χ0v) is 13.9.